The summed E-state index contributed by atoms with van der Waals surface area (Å²) >= 11 is 0. The van der Waals surface area contributed by atoms with Crippen molar-refractivity contribution < 1.29 is 4.79 Å². The van der Waals surface area contributed by atoms with E-state index in [9.17, 15) is 4.79 Å². The van der Waals surface area contributed by atoms with E-state index in [1.165, 1.54) is 10.6 Å². The van der Waals surface area contributed by atoms with E-state index in [0.717, 1.165) is 6.29 Å². The third-order valence-electron chi connectivity index (χ3n) is 2.38. The first-order chi connectivity index (χ1) is 8.42. The number of carbonyl (C=O) groups excluding carboxylic acids is 1. The Kier molecular flexibility index (Phi) is 4.23. The molecule has 0 fully saturated rings. The van der Waals surface area contributed by atoms with Gasteiger partial charge in [-0.2, -0.15) is 0 Å². The molecule has 0 amide bonds. The first-order valence-electron chi connectivity index (χ1n) is 5.43. The summed E-state index contributed by atoms with van der Waals surface area (Å²) in [4.78, 5) is 10.5. The smallest absolute Gasteiger partial charge is 0.142 e. The Labute approximate surface area is 103 Å². The standard InChI is InChI=1S/C15H13OP/c16-12-7-13-17(14-8-3-1-4-9-14)15-10-5-2-6-11-15/h1-13H. The second kappa shape index (κ2) is 6.12. The van der Waals surface area contributed by atoms with Crippen LogP contribution in [0, 0.1) is 0 Å². The Morgan fingerprint density at radius 1 is 0.765 bits per heavy atom. The minimum atomic E-state index is -0.569. The van der Waals surface area contributed by atoms with Gasteiger partial charge in [-0.25, -0.2) is 0 Å². The van der Waals surface area contributed by atoms with E-state index in [1.54, 1.807) is 6.08 Å². The maximum absolute atomic E-state index is 10.5. The number of rotatable bonds is 4. The van der Waals surface area contributed by atoms with Gasteiger partial charge >= 0.3 is 0 Å². The highest BCUT2D eigenvalue weighted by Gasteiger charge is 2.08. The maximum Gasteiger partial charge on any atom is 0.142 e. The fourth-order valence-electron chi connectivity index (χ4n) is 1.62. The van der Waals surface area contributed by atoms with Gasteiger partial charge in [-0.1, -0.05) is 60.7 Å². The van der Waals surface area contributed by atoms with Crippen molar-refractivity contribution in [3.8, 4) is 0 Å². The summed E-state index contributed by atoms with van der Waals surface area (Å²) in [6, 6.07) is 20.6. The molecule has 0 aromatic heterocycles. The first kappa shape index (κ1) is 11.8. The summed E-state index contributed by atoms with van der Waals surface area (Å²) in [6.07, 6.45) is 2.42. The van der Waals surface area contributed by atoms with Gasteiger partial charge < -0.3 is 0 Å². The molecule has 0 unspecified atom stereocenters. The normalized spacial score (nSPS) is 10.9. The second-order valence-electron chi connectivity index (χ2n) is 3.52. The van der Waals surface area contributed by atoms with Crippen molar-refractivity contribution in [2.75, 3.05) is 0 Å². The fourth-order valence-corrected chi connectivity index (χ4v) is 3.49. The van der Waals surface area contributed by atoms with Crippen molar-refractivity contribution in [2.24, 2.45) is 0 Å². The van der Waals surface area contributed by atoms with E-state index in [2.05, 4.69) is 24.3 Å². The van der Waals surface area contributed by atoms with Gasteiger partial charge in [0.2, 0.25) is 0 Å². The zero-order valence-corrected chi connectivity index (χ0v) is 10.3. The van der Waals surface area contributed by atoms with Gasteiger partial charge in [0.05, 0.1) is 0 Å². The number of benzene rings is 2. The molecule has 0 N–H and O–H groups in total. The third kappa shape index (κ3) is 3.12. The predicted molar refractivity (Wildman–Crippen MR) is 74.3 cm³/mol. The maximum atomic E-state index is 10.5. The molecule has 0 heterocycles. The van der Waals surface area contributed by atoms with Gasteiger partial charge in [0, 0.05) is 0 Å². The van der Waals surface area contributed by atoms with E-state index in [4.69, 9.17) is 0 Å². The topological polar surface area (TPSA) is 17.1 Å². The minimum absolute atomic E-state index is 0.569. The number of carbonyl (C=O) groups is 1. The lowest BCUT2D eigenvalue weighted by molar-refractivity contribution is -0.104. The van der Waals surface area contributed by atoms with Crippen LogP contribution in [0.4, 0.5) is 0 Å². The molecule has 0 atom stereocenters. The molecule has 0 aliphatic carbocycles. The number of hydrogen-bond acceptors (Lipinski definition) is 1. The Balaban J connectivity index is 2.39. The summed E-state index contributed by atoms with van der Waals surface area (Å²) in [5.74, 6) is 1.99. The molecule has 0 spiro atoms. The van der Waals surface area contributed by atoms with Crippen LogP contribution in [0.5, 0.6) is 0 Å². The molecule has 0 saturated carbocycles. The van der Waals surface area contributed by atoms with Crippen molar-refractivity contribution in [1.29, 1.82) is 0 Å². The van der Waals surface area contributed by atoms with E-state index in [-0.39, 0.29) is 0 Å². The number of aldehydes is 1. The lowest BCUT2D eigenvalue weighted by Gasteiger charge is -2.13. The molecule has 17 heavy (non-hydrogen) atoms. The van der Waals surface area contributed by atoms with Crippen molar-refractivity contribution in [3.63, 3.8) is 0 Å². The monoisotopic (exact) mass is 240 g/mol. The Bertz CT molecular complexity index is 451. The SMILES string of the molecule is O=CC=CP(c1ccccc1)c1ccccc1. The van der Waals surface area contributed by atoms with Crippen LogP contribution in [0.15, 0.2) is 72.6 Å². The van der Waals surface area contributed by atoms with Crippen LogP contribution in [0.3, 0.4) is 0 Å². The zero-order chi connectivity index (χ0) is 11.9. The van der Waals surface area contributed by atoms with Crippen molar-refractivity contribution in [1.82, 2.24) is 0 Å². The summed E-state index contributed by atoms with van der Waals surface area (Å²) in [7, 11) is -0.569. The Hall–Kier alpha value is -1.72. The average molecular weight is 240 g/mol. The number of allylic oxidation sites excluding steroid dienone is 1. The van der Waals surface area contributed by atoms with Gasteiger partial charge in [-0.05, 0) is 30.4 Å². The highest BCUT2D eigenvalue weighted by Crippen LogP contribution is 2.34. The summed E-state index contributed by atoms with van der Waals surface area (Å²) < 4.78 is 0. The van der Waals surface area contributed by atoms with Crippen molar-refractivity contribution >= 4 is 24.8 Å². The molecule has 0 aliphatic rings. The van der Waals surface area contributed by atoms with Crippen LogP contribution in [0.1, 0.15) is 0 Å². The van der Waals surface area contributed by atoms with Crippen LogP contribution in [0.25, 0.3) is 0 Å². The Morgan fingerprint density at radius 3 is 1.65 bits per heavy atom. The van der Waals surface area contributed by atoms with E-state index in [1.807, 2.05) is 42.2 Å². The lowest BCUT2D eigenvalue weighted by atomic mass is 10.4. The quantitative estimate of drug-likeness (QED) is 0.456. The Morgan fingerprint density at radius 2 is 1.24 bits per heavy atom. The van der Waals surface area contributed by atoms with E-state index in [0.29, 0.717) is 0 Å². The van der Waals surface area contributed by atoms with Crippen molar-refractivity contribution in [3.05, 3.63) is 72.6 Å². The molecule has 0 bridgehead atoms. The summed E-state index contributed by atoms with van der Waals surface area (Å²) in [6.45, 7) is 0. The second-order valence-corrected chi connectivity index (χ2v) is 5.59. The van der Waals surface area contributed by atoms with E-state index >= 15 is 0 Å². The van der Waals surface area contributed by atoms with E-state index < -0.39 is 7.92 Å². The fraction of sp³-hybridized carbons (Fsp3) is 0. The molecule has 2 aromatic rings. The van der Waals surface area contributed by atoms with Crippen molar-refractivity contribution in [2.45, 2.75) is 0 Å². The molecule has 2 aromatic carbocycles. The van der Waals surface area contributed by atoms with Gasteiger partial charge in [-0.15, -0.1) is 0 Å². The lowest BCUT2D eigenvalue weighted by Crippen LogP contribution is -2.09. The first-order valence-corrected chi connectivity index (χ1v) is 6.84. The summed E-state index contributed by atoms with van der Waals surface area (Å²) in [5.41, 5.74) is 0. The van der Waals surface area contributed by atoms with Crippen LogP contribution >= 0.6 is 7.92 Å². The third-order valence-corrected chi connectivity index (χ3v) is 4.56. The number of hydrogen-bond donors (Lipinski definition) is 0. The van der Waals surface area contributed by atoms with Gasteiger partial charge in [0.25, 0.3) is 0 Å². The molecule has 0 saturated heterocycles. The highest BCUT2D eigenvalue weighted by atomic mass is 31.1. The molecule has 2 rings (SSSR count). The zero-order valence-electron chi connectivity index (χ0n) is 9.36. The van der Waals surface area contributed by atoms with Gasteiger partial charge in [0.1, 0.15) is 6.29 Å². The molecule has 84 valence electrons. The predicted octanol–water partition coefficient (Wildman–Crippen LogP) is 2.83. The van der Waals surface area contributed by atoms with Crippen LogP contribution in [-0.2, 0) is 4.79 Å². The molecule has 0 aliphatic heterocycles. The van der Waals surface area contributed by atoms with Gasteiger partial charge in [-0.3, -0.25) is 4.79 Å². The minimum Gasteiger partial charge on any atom is -0.299 e. The molecule has 1 nitrogen and oxygen atoms in total. The molecule has 2 heteroatoms. The molecule has 0 radical (unpaired) electrons. The summed E-state index contributed by atoms with van der Waals surface area (Å²) in [5, 5.41) is 2.51. The molecular formula is C15H13OP. The van der Waals surface area contributed by atoms with Gasteiger partial charge in [0.15, 0.2) is 0 Å². The highest BCUT2D eigenvalue weighted by molar-refractivity contribution is 7.75. The molecular weight excluding hydrogens is 227 g/mol. The van der Waals surface area contributed by atoms with Crippen LogP contribution in [-0.4, -0.2) is 6.29 Å². The average Bonchev–Trinajstić information content (AvgIpc) is 2.42. The van der Waals surface area contributed by atoms with Crippen LogP contribution in [0.2, 0.25) is 0 Å². The van der Waals surface area contributed by atoms with Crippen LogP contribution < -0.4 is 10.6 Å². The largest absolute Gasteiger partial charge is 0.299 e.